The number of para-hydroxylation sites is 1. The number of carbonyl (C=O) groups excluding carboxylic acids is 1. The summed E-state index contributed by atoms with van der Waals surface area (Å²) in [6.07, 6.45) is 3.49. The van der Waals surface area contributed by atoms with Crippen LogP contribution < -0.4 is 10.2 Å². The van der Waals surface area contributed by atoms with Gasteiger partial charge in [-0.3, -0.25) is 4.79 Å². The van der Waals surface area contributed by atoms with Gasteiger partial charge in [-0.1, -0.05) is 24.3 Å². The van der Waals surface area contributed by atoms with Crippen LogP contribution >= 0.6 is 0 Å². The fourth-order valence-electron chi connectivity index (χ4n) is 3.54. The fraction of sp³-hybridized carbons (Fsp3) is 0.261. The molecule has 148 valence electrons. The van der Waals surface area contributed by atoms with Gasteiger partial charge in [-0.2, -0.15) is 0 Å². The summed E-state index contributed by atoms with van der Waals surface area (Å²) in [7, 11) is 0. The molecule has 0 atom stereocenters. The summed E-state index contributed by atoms with van der Waals surface area (Å²) >= 11 is 0. The van der Waals surface area contributed by atoms with Crippen molar-refractivity contribution in [3.8, 4) is 0 Å². The molecule has 1 aliphatic rings. The van der Waals surface area contributed by atoms with E-state index in [4.69, 9.17) is 0 Å². The van der Waals surface area contributed by atoms with Crippen LogP contribution in [0.1, 0.15) is 21.5 Å². The first-order chi connectivity index (χ1) is 14.1. The van der Waals surface area contributed by atoms with Crippen LogP contribution in [0, 0.1) is 13.8 Å². The van der Waals surface area contributed by atoms with Gasteiger partial charge in [0.2, 0.25) is 5.95 Å². The molecule has 6 heteroatoms. The Morgan fingerprint density at radius 3 is 2.31 bits per heavy atom. The van der Waals surface area contributed by atoms with Gasteiger partial charge in [0.05, 0.1) is 11.3 Å². The standard InChI is InChI=1S/C23H25N5O/c1-17-7-5-10-20(18(17)2)26-21-9-4-3-8-19(21)22(29)27-13-15-28(16-14-27)23-24-11-6-12-25-23/h3-12,26H,13-16H2,1-2H3. The molecule has 1 amide bonds. The quantitative estimate of drug-likeness (QED) is 0.738. The van der Waals surface area contributed by atoms with E-state index in [1.165, 1.54) is 11.1 Å². The van der Waals surface area contributed by atoms with E-state index in [-0.39, 0.29) is 5.91 Å². The van der Waals surface area contributed by atoms with Gasteiger partial charge in [-0.15, -0.1) is 0 Å². The second kappa shape index (κ2) is 8.31. The van der Waals surface area contributed by atoms with Crippen LogP contribution in [0.25, 0.3) is 0 Å². The van der Waals surface area contributed by atoms with Gasteiger partial charge >= 0.3 is 0 Å². The van der Waals surface area contributed by atoms with E-state index in [0.29, 0.717) is 18.7 Å². The molecule has 0 saturated carbocycles. The Labute approximate surface area is 171 Å². The average molecular weight is 387 g/mol. The topological polar surface area (TPSA) is 61.4 Å². The monoisotopic (exact) mass is 387 g/mol. The van der Waals surface area contributed by atoms with Crippen molar-refractivity contribution < 1.29 is 4.79 Å². The number of amides is 1. The summed E-state index contributed by atoms with van der Waals surface area (Å²) in [4.78, 5) is 25.9. The van der Waals surface area contributed by atoms with Crippen LogP contribution in [0.15, 0.2) is 60.9 Å². The van der Waals surface area contributed by atoms with Crippen LogP contribution in [0.4, 0.5) is 17.3 Å². The average Bonchev–Trinajstić information content (AvgIpc) is 2.77. The Balaban J connectivity index is 1.49. The lowest BCUT2D eigenvalue weighted by Crippen LogP contribution is -2.49. The summed E-state index contributed by atoms with van der Waals surface area (Å²) in [5.41, 5.74) is 4.96. The lowest BCUT2D eigenvalue weighted by Gasteiger charge is -2.35. The second-order valence-corrected chi connectivity index (χ2v) is 7.25. The molecule has 0 aliphatic carbocycles. The van der Waals surface area contributed by atoms with Crippen molar-refractivity contribution in [2.45, 2.75) is 13.8 Å². The largest absolute Gasteiger partial charge is 0.355 e. The van der Waals surface area contributed by atoms with E-state index in [1.54, 1.807) is 12.4 Å². The van der Waals surface area contributed by atoms with Crippen molar-refractivity contribution in [2.24, 2.45) is 0 Å². The molecule has 3 aromatic rings. The number of piperazine rings is 1. The van der Waals surface area contributed by atoms with E-state index in [2.05, 4.69) is 40.1 Å². The number of carbonyl (C=O) groups is 1. The van der Waals surface area contributed by atoms with Gasteiger partial charge in [-0.25, -0.2) is 9.97 Å². The van der Waals surface area contributed by atoms with Crippen LogP contribution in [0.5, 0.6) is 0 Å². The normalized spacial score (nSPS) is 14.0. The number of nitrogens with zero attached hydrogens (tertiary/aromatic N) is 4. The van der Waals surface area contributed by atoms with Crippen molar-refractivity contribution in [3.05, 3.63) is 77.6 Å². The molecule has 0 unspecified atom stereocenters. The molecule has 6 nitrogen and oxygen atoms in total. The number of hydrogen-bond donors (Lipinski definition) is 1. The number of benzene rings is 2. The number of rotatable bonds is 4. The Bertz CT molecular complexity index is 997. The Morgan fingerprint density at radius 2 is 1.55 bits per heavy atom. The third kappa shape index (κ3) is 4.06. The molecule has 1 N–H and O–H groups in total. The molecule has 0 radical (unpaired) electrons. The van der Waals surface area contributed by atoms with Gasteiger partial charge < -0.3 is 15.1 Å². The molecule has 1 aliphatic heterocycles. The fourth-order valence-corrected chi connectivity index (χ4v) is 3.54. The van der Waals surface area contributed by atoms with Crippen molar-refractivity contribution >= 4 is 23.2 Å². The first-order valence-electron chi connectivity index (χ1n) is 9.87. The minimum atomic E-state index is 0.0482. The number of nitrogens with one attached hydrogen (secondary N) is 1. The van der Waals surface area contributed by atoms with Crippen molar-refractivity contribution in [2.75, 3.05) is 36.4 Å². The molecule has 1 aromatic heterocycles. The van der Waals surface area contributed by atoms with Crippen LogP contribution in [-0.4, -0.2) is 47.0 Å². The van der Waals surface area contributed by atoms with Crippen molar-refractivity contribution in [3.63, 3.8) is 0 Å². The molecule has 1 fully saturated rings. The summed E-state index contributed by atoms with van der Waals surface area (Å²) in [6.45, 7) is 6.93. The first kappa shape index (κ1) is 18.9. The minimum Gasteiger partial charge on any atom is -0.355 e. The summed E-state index contributed by atoms with van der Waals surface area (Å²) in [5, 5.41) is 3.46. The van der Waals surface area contributed by atoms with Crippen molar-refractivity contribution in [1.29, 1.82) is 0 Å². The highest BCUT2D eigenvalue weighted by atomic mass is 16.2. The van der Waals surface area contributed by atoms with Gasteiger partial charge in [-0.05, 0) is 49.2 Å². The molecule has 2 heterocycles. The summed E-state index contributed by atoms with van der Waals surface area (Å²) in [5.74, 6) is 0.767. The zero-order chi connectivity index (χ0) is 20.2. The predicted octanol–water partition coefficient (Wildman–Crippen LogP) is 3.80. The number of aromatic nitrogens is 2. The molecule has 1 saturated heterocycles. The molecule has 0 spiro atoms. The molecule has 0 bridgehead atoms. The molecular formula is C23H25N5O. The SMILES string of the molecule is Cc1cccc(Nc2ccccc2C(=O)N2CCN(c3ncccn3)CC2)c1C. The maximum absolute atomic E-state index is 13.2. The Hall–Kier alpha value is -3.41. The maximum atomic E-state index is 13.2. The second-order valence-electron chi connectivity index (χ2n) is 7.25. The third-order valence-electron chi connectivity index (χ3n) is 5.43. The van der Waals surface area contributed by atoms with Crippen LogP contribution in [-0.2, 0) is 0 Å². The zero-order valence-electron chi connectivity index (χ0n) is 16.8. The Morgan fingerprint density at radius 1 is 0.862 bits per heavy atom. The lowest BCUT2D eigenvalue weighted by atomic mass is 10.1. The molecule has 29 heavy (non-hydrogen) atoms. The smallest absolute Gasteiger partial charge is 0.256 e. The van der Waals surface area contributed by atoms with E-state index in [1.807, 2.05) is 47.4 Å². The molecule has 4 rings (SSSR count). The van der Waals surface area contributed by atoms with Crippen molar-refractivity contribution in [1.82, 2.24) is 14.9 Å². The highest BCUT2D eigenvalue weighted by Crippen LogP contribution is 2.26. The first-order valence-corrected chi connectivity index (χ1v) is 9.87. The number of aryl methyl sites for hydroxylation is 1. The van der Waals surface area contributed by atoms with E-state index < -0.39 is 0 Å². The minimum absolute atomic E-state index is 0.0482. The van der Waals surface area contributed by atoms with Crippen LogP contribution in [0.3, 0.4) is 0 Å². The molecule has 2 aromatic carbocycles. The zero-order valence-corrected chi connectivity index (χ0v) is 16.8. The maximum Gasteiger partial charge on any atom is 0.256 e. The summed E-state index contributed by atoms with van der Waals surface area (Å²) in [6, 6.07) is 15.7. The van der Waals surface area contributed by atoms with E-state index in [0.717, 1.165) is 30.4 Å². The van der Waals surface area contributed by atoms with E-state index >= 15 is 0 Å². The van der Waals surface area contributed by atoms with E-state index in [9.17, 15) is 4.79 Å². The van der Waals surface area contributed by atoms with Gasteiger partial charge in [0.15, 0.2) is 0 Å². The van der Waals surface area contributed by atoms with Gasteiger partial charge in [0.25, 0.3) is 5.91 Å². The lowest BCUT2D eigenvalue weighted by molar-refractivity contribution is 0.0747. The highest BCUT2D eigenvalue weighted by molar-refractivity contribution is 6.00. The van der Waals surface area contributed by atoms with Gasteiger partial charge in [0, 0.05) is 44.3 Å². The highest BCUT2D eigenvalue weighted by Gasteiger charge is 2.24. The van der Waals surface area contributed by atoms with Gasteiger partial charge in [0.1, 0.15) is 0 Å². The molecular weight excluding hydrogens is 362 g/mol. The number of hydrogen-bond acceptors (Lipinski definition) is 5. The third-order valence-corrected chi connectivity index (χ3v) is 5.43. The van der Waals surface area contributed by atoms with Crippen LogP contribution in [0.2, 0.25) is 0 Å². The number of anilines is 3. The Kier molecular flexibility index (Phi) is 5.42. The predicted molar refractivity (Wildman–Crippen MR) is 116 cm³/mol. The summed E-state index contributed by atoms with van der Waals surface area (Å²) < 4.78 is 0.